The molecule has 1 aromatic carbocycles. The zero-order chi connectivity index (χ0) is 11.5. The van der Waals surface area contributed by atoms with Crippen LogP contribution in [0.5, 0.6) is 0 Å². The molecule has 3 heteroatoms. The van der Waals surface area contributed by atoms with Crippen LogP contribution in [0, 0.1) is 12.7 Å². The van der Waals surface area contributed by atoms with Gasteiger partial charge in [0, 0.05) is 11.1 Å². The van der Waals surface area contributed by atoms with Crippen LogP contribution in [0.25, 0.3) is 11.1 Å². The highest BCUT2D eigenvalue weighted by Crippen LogP contribution is 2.28. The number of hydrogen-bond acceptors (Lipinski definition) is 2. The van der Waals surface area contributed by atoms with E-state index < -0.39 is 0 Å². The summed E-state index contributed by atoms with van der Waals surface area (Å²) in [5, 5.41) is 3.00. The number of hydrogen-bond donors (Lipinski definition) is 1. The molecule has 1 heterocycles. The Morgan fingerprint density at radius 2 is 2.06 bits per heavy atom. The number of rotatable bonds is 3. The van der Waals surface area contributed by atoms with Crippen molar-refractivity contribution < 1.29 is 8.81 Å². The van der Waals surface area contributed by atoms with E-state index in [9.17, 15) is 4.39 Å². The van der Waals surface area contributed by atoms with Crippen LogP contribution in [0.2, 0.25) is 0 Å². The lowest BCUT2D eigenvalue weighted by Gasteiger charge is -2.05. The van der Waals surface area contributed by atoms with Crippen LogP contribution in [0.4, 0.5) is 4.39 Å². The molecule has 1 aromatic heterocycles. The van der Waals surface area contributed by atoms with E-state index in [2.05, 4.69) is 5.32 Å². The Labute approximate surface area is 94.1 Å². The summed E-state index contributed by atoms with van der Waals surface area (Å²) in [4.78, 5) is 0. The number of nitrogens with one attached hydrogen (secondary N) is 1. The van der Waals surface area contributed by atoms with Crippen LogP contribution in [0.1, 0.15) is 11.3 Å². The van der Waals surface area contributed by atoms with E-state index >= 15 is 0 Å². The van der Waals surface area contributed by atoms with Crippen molar-refractivity contribution in [2.24, 2.45) is 0 Å². The Balaban J connectivity index is 2.49. The van der Waals surface area contributed by atoms with Crippen LogP contribution < -0.4 is 5.32 Å². The lowest BCUT2D eigenvalue weighted by atomic mass is 10.0. The average Bonchev–Trinajstić information content (AvgIpc) is 2.70. The van der Waals surface area contributed by atoms with E-state index in [1.54, 1.807) is 18.4 Å². The van der Waals surface area contributed by atoms with Gasteiger partial charge in [0.05, 0.1) is 12.8 Å². The molecule has 0 unspecified atom stereocenters. The van der Waals surface area contributed by atoms with Gasteiger partial charge in [-0.3, -0.25) is 0 Å². The summed E-state index contributed by atoms with van der Waals surface area (Å²) in [5.74, 6) is 0.538. The lowest BCUT2D eigenvalue weighted by Crippen LogP contribution is -2.05. The summed E-state index contributed by atoms with van der Waals surface area (Å²) in [6.07, 6.45) is 1.59. The Morgan fingerprint density at radius 3 is 2.81 bits per heavy atom. The van der Waals surface area contributed by atoms with Gasteiger partial charge >= 0.3 is 0 Å². The van der Waals surface area contributed by atoms with Crippen molar-refractivity contribution in [1.29, 1.82) is 0 Å². The molecule has 0 saturated carbocycles. The van der Waals surface area contributed by atoms with Crippen molar-refractivity contribution in [3.63, 3.8) is 0 Å². The lowest BCUT2D eigenvalue weighted by molar-refractivity contribution is 0.496. The monoisotopic (exact) mass is 219 g/mol. The molecule has 0 aliphatic rings. The third-order valence-corrected chi connectivity index (χ3v) is 2.49. The fourth-order valence-corrected chi connectivity index (χ4v) is 1.72. The molecule has 0 radical (unpaired) electrons. The number of furan rings is 1. The predicted octanol–water partition coefficient (Wildman–Crippen LogP) is 3.11. The van der Waals surface area contributed by atoms with Crippen molar-refractivity contribution in [1.82, 2.24) is 5.32 Å². The van der Waals surface area contributed by atoms with Crippen molar-refractivity contribution in [3.05, 3.63) is 47.7 Å². The summed E-state index contributed by atoms with van der Waals surface area (Å²) < 4.78 is 19.0. The van der Waals surface area contributed by atoms with Crippen LogP contribution in [-0.4, -0.2) is 7.05 Å². The Hall–Kier alpha value is -1.61. The Kier molecular flexibility index (Phi) is 3.06. The van der Waals surface area contributed by atoms with Crippen LogP contribution in [0.3, 0.4) is 0 Å². The largest absolute Gasteiger partial charge is 0.467 e. The molecule has 0 spiro atoms. The van der Waals surface area contributed by atoms with Gasteiger partial charge in [0.15, 0.2) is 0 Å². The van der Waals surface area contributed by atoms with E-state index in [-0.39, 0.29) is 5.82 Å². The molecule has 0 saturated heterocycles. The highest BCUT2D eigenvalue weighted by Gasteiger charge is 2.12. The van der Waals surface area contributed by atoms with Gasteiger partial charge < -0.3 is 9.73 Å². The summed E-state index contributed by atoms with van der Waals surface area (Å²) in [6, 6.07) is 6.88. The Morgan fingerprint density at radius 1 is 1.25 bits per heavy atom. The second-order valence-corrected chi connectivity index (χ2v) is 3.77. The van der Waals surface area contributed by atoms with Gasteiger partial charge in [0.25, 0.3) is 0 Å². The summed E-state index contributed by atoms with van der Waals surface area (Å²) in [6.45, 7) is 2.54. The van der Waals surface area contributed by atoms with E-state index in [4.69, 9.17) is 4.42 Å². The van der Waals surface area contributed by atoms with E-state index in [1.807, 2.05) is 20.0 Å². The highest BCUT2D eigenvalue weighted by molar-refractivity contribution is 5.66. The molecule has 2 rings (SSSR count). The maximum absolute atomic E-state index is 13.7. The average molecular weight is 219 g/mol. The van der Waals surface area contributed by atoms with E-state index in [1.165, 1.54) is 6.07 Å². The van der Waals surface area contributed by atoms with Gasteiger partial charge in [0.2, 0.25) is 0 Å². The van der Waals surface area contributed by atoms with Crippen LogP contribution in [0.15, 0.2) is 34.9 Å². The van der Waals surface area contributed by atoms with Crippen molar-refractivity contribution in [3.8, 4) is 11.1 Å². The minimum atomic E-state index is -0.218. The van der Waals surface area contributed by atoms with Crippen molar-refractivity contribution in [2.75, 3.05) is 7.05 Å². The summed E-state index contributed by atoms with van der Waals surface area (Å²) >= 11 is 0. The van der Waals surface area contributed by atoms with Gasteiger partial charge in [-0.1, -0.05) is 11.6 Å². The molecule has 0 aliphatic carbocycles. The molecule has 0 fully saturated rings. The normalized spacial score (nSPS) is 10.7. The van der Waals surface area contributed by atoms with Gasteiger partial charge in [-0.2, -0.15) is 0 Å². The topological polar surface area (TPSA) is 25.2 Å². The van der Waals surface area contributed by atoms with Gasteiger partial charge in [-0.25, -0.2) is 4.39 Å². The molecule has 2 nitrogen and oxygen atoms in total. The fraction of sp³-hybridized carbons (Fsp3) is 0.231. The molecule has 16 heavy (non-hydrogen) atoms. The third kappa shape index (κ3) is 1.99. The van der Waals surface area contributed by atoms with Crippen LogP contribution >= 0.6 is 0 Å². The fourth-order valence-electron chi connectivity index (χ4n) is 1.72. The first-order valence-electron chi connectivity index (χ1n) is 5.20. The SMILES string of the molecule is CNCc1occc1-c1cc(C)ccc1F. The summed E-state index contributed by atoms with van der Waals surface area (Å²) in [5.41, 5.74) is 2.45. The summed E-state index contributed by atoms with van der Waals surface area (Å²) in [7, 11) is 1.83. The molecule has 0 aliphatic heterocycles. The van der Waals surface area contributed by atoms with E-state index in [0.717, 1.165) is 16.9 Å². The first-order chi connectivity index (χ1) is 7.72. The zero-order valence-corrected chi connectivity index (χ0v) is 9.38. The maximum atomic E-state index is 13.7. The minimum absolute atomic E-state index is 0.218. The van der Waals surface area contributed by atoms with Gasteiger partial charge in [0.1, 0.15) is 11.6 Å². The van der Waals surface area contributed by atoms with Gasteiger partial charge in [-0.05, 0) is 32.2 Å². The molecular weight excluding hydrogens is 205 g/mol. The number of benzene rings is 1. The molecule has 1 N–H and O–H groups in total. The standard InChI is InChI=1S/C13H14FNO/c1-9-3-4-12(14)11(7-9)10-5-6-16-13(10)8-15-2/h3-7,15H,8H2,1-2H3. The second-order valence-electron chi connectivity index (χ2n) is 3.77. The maximum Gasteiger partial charge on any atom is 0.131 e. The first-order valence-corrected chi connectivity index (χ1v) is 5.20. The molecule has 0 bridgehead atoms. The molecule has 0 atom stereocenters. The van der Waals surface area contributed by atoms with E-state index in [0.29, 0.717) is 12.1 Å². The quantitative estimate of drug-likeness (QED) is 0.858. The Bertz CT molecular complexity index is 490. The zero-order valence-electron chi connectivity index (χ0n) is 9.38. The van der Waals surface area contributed by atoms with Crippen molar-refractivity contribution in [2.45, 2.75) is 13.5 Å². The molecule has 2 aromatic rings. The smallest absolute Gasteiger partial charge is 0.131 e. The molecular formula is C13H14FNO. The first kappa shape index (κ1) is 10.9. The molecule has 0 amide bonds. The predicted molar refractivity (Wildman–Crippen MR) is 61.6 cm³/mol. The van der Waals surface area contributed by atoms with Gasteiger partial charge in [-0.15, -0.1) is 0 Å². The third-order valence-electron chi connectivity index (χ3n) is 2.49. The highest BCUT2D eigenvalue weighted by atomic mass is 19.1. The number of halogens is 1. The second kappa shape index (κ2) is 4.49. The van der Waals surface area contributed by atoms with Crippen molar-refractivity contribution >= 4 is 0 Å². The van der Waals surface area contributed by atoms with Crippen LogP contribution in [-0.2, 0) is 6.54 Å². The molecule has 84 valence electrons. The minimum Gasteiger partial charge on any atom is -0.467 e. The number of aryl methyl sites for hydroxylation is 1.